The van der Waals surface area contributed by atoms with Gasteiger partial charge in [0.1, 0.15) is 11.4 Å². The van der Waals surface area contributed by atoms with Crippen molar-refractivity contribution in [2.45, 2.75) is 13.3 Å². The van der Waals surface area contributed by atoms with Crippen molar-refractivity contribution < 1.29 is 15.0 Å². The summed E-state index contributed by atoms with van der Waals surface area (Å²) in [7, 11) is 0. The highest BCUT2D eigenvalue weighted by molar-refractivity contribution is 6.31. The number of aromatic carboxylic acids is 1. The fourth-order valence-electron chi connectivity index (χ4n) is 1.69. The summed E-state index contributed by atoms with van der Waals surface area (Å²) in [5.41, 5.74) is 1.42. The van der Waals surface area contributed by atoms with Crippen molar-refractivity contribution in [3.05, 3.63) is 34.5 Å². The molecule has 3 N–H and O–H groups in total. The maximum Gasteiger partial charge on any atom is 0.353 e. The predicted octanol–water partition coefficient (Wildman–Crippen LogP) is 2.70. The Morgan fingerprint density at radius 1 is 1.44 bits per heavy atom. The largest absolute Gasteiger partial charge is 0.507 e. The average Bonchev–Trinajstić information content (AvgIpc) is 2.81. The monoisotopic (exact) mass is 266 g/mol. The van der Waals surface area contributed by atoms with Crippen LogP contribution in [0.25, 0.3) is 11.3 Å². The van der Waals surface area contributed by atoms with E-state index in [9.17, 15) is 9.90 Å². The lowest BCUT2D eigenvalue weighted by atomic mass is 10.0. The highest BCUT2D eigenvalue weighted by atomic mass is 35.5. The lowest BCUT2D eigenvalue weighted by Crippen LogP contribution is -1.95. The minimum Gasteiger partial charge on any atom is -0.507 e. The van der Waals surface area contributed by atoms with Crippen LogP contribution in [-0.2, 0) is 6.42 Å². The van der Waals surface area contributed by atoms with Crippen molar-refractivity contribution in [2.24, 2.45) is 0 Å². The SMILES string of the molecule is CCc1cc(Cl)cc(-c2cc(C(=O)O)[nH]n2)c1O. The normalized spacial score (nSPS) is 10.6. The highest BCUT2D eigenvalue weighted by Crippen LogP contribution is 2.34. The van der Waals surface area contributed by atoms with Gasteiger partial charge in [-0.2, -0.15) is 5.10 Å². The Labute approximate surface area is 108 Å². The summed E-state index contributed by atoms with van der Waals surface area (Å²) in [6.45, 7) is 1.89. The molecule has 0 radical (unpaired) electrons. The van der Waals surface area contributed by atoms with E-state index in [1.165, 1.54) is 6.07 Å². The standard InChI is InChI=1S/C12H11ClN2O3/c1-2-6-3-7(13)4-8(11(6)16)9-5-10(12(17)18)15-14-9/h3-5,16H,2H2,1H3,(H,14,15)(H,17,18). The van der Waals surface area contributed by atoms with E-state index in [4.69, 9.17) is 16.7 Å². The first-order chi connectivity index (χ1) is 8.52. The van der Waals surface area contributed by atoms with Crippen LogP contribution in [0, 0.1) is 0 Å². The molecule has 0 aliphatic rings. The van der Waals surface area contributed by atoms with Gasteiger partial charge in [0.25, 0.3) is 0 Å². The first-order valence-electron chi connectivity index (χ1n) is 5.33. The topological polar surface area (TPSA) is 86.2 Å². The van der Waals surface area contributed by atoms with Gasteiger partial charge in [-0.15, -0.1) is 0 Å². The molecule has 18 heavy (non-hydrogen) atoms. The maximum atomic E-state index is 10.8. The number of benzene rings is 1. The summed E-state index contributed by atoms with van der Waals surface area (Å²) in [6, 6.07) is 4.58. The van der Waals surface area contributed by atoms with E-state index in [2.05, 4.69) is 10.2 Å². The fraction of sp³-hybridized carbons (Fsp3) is 0.167. The number of nitrogens with zero attached hydrogens (tertiary/aromatic N) is 1. The number of H-pyrrole nitrogens is 1. The maximum absolute atomic E-state index is 10.8. The Morgan fingerprint density at radius 3 is 2.72 bits per heavy atom. The van der Waals surface area contributed by atoms with Crippen LogP contribution in [0.1, 0.15) is 23.0 Å². The second-order valence-corrected chi connectivity index (χ2v) is 4.22. The Hall–Kier alpha value is -2.01. The lowest BCUT2D eigenvalue weighted by Gasteiger charge is -2.07. The van der Waals surface area contributed by atoms with Gasteiger partial charge in [0.05, 0.1) is 5.69 Å². The molecular weight excluding hydrogens is 256 g/mol. The minimum atomic E-state index is -1.11. The molecule has 0 fully saturated rings. The molecule has 0 aliphatic carbocycles. The van der Waals surface area contributed by atoms with Gasteiger partial charge in [0.15, 0.2) is 0 Å². The van der Waals surface area contributed by atoms with Crippen LogP contribution in [0.5, 0.6) is 5.75 Å². The quantitative estimate of drug-likeness (QED) is 0.797. The molecule has 0 bridgehead atoms. The number of phenols is 1. The van der Waals surface area contributed by atoms with Gasteiger partial charge < -0.3 is 10.2 Å². The second kappa shape index (κ2) is 4.70. The zero-order valence-corrected chi connectivity index (χ0v) is 10.3. The Morgan fingerprint density at radius 2 is 2.17 bits per heavy atom. The molecule has 0 unspecified atom stereocenters. The molecule has 2 aromatic rings. The number of rotatable bonds is 3. The summed E-state index contributed by atoms with van der Waals surface area (Å²) in [4.78, 5) is 10.8. The first kappa shape index (κ1) is 12.4. The van der Waals surface area contributed by atoms with Gasteiger partial charge in [-0.25, -0.2) is 4.79 Å². The minimum absolute atomic E-state index is 0.0394. The van der Waals surface area contributed by atoms with Crippen LogP contribution in [0.2, 0.25) is 5.02 Å². The van der Waals surface area contributed by atoms with Gasteiger partial charge in [-0.1, -0.05) is 18.5 Å². The zero-order valence-electron chi connectivity index (χ0n) is 9.57. The summed E-state index contributed by atoms with van der Waals surface area (Å²) in [5, 5.41) is 25.6. The Bertz CT molecular complexity index is 607. The molecule has 6 heteroatoms. The smallest absolute Gasteiger partial charge is 0.353 e. The molecule has 5 nitrogen and oxygen atoms in total. The third-order valence-electron chi connectivity index (χ3n) is 2.62. The summed E-state index contributed by atoms with van der Waals surface area (Å²) < 4.78 is 0. The van der Waals surface area contributed by atoms with E-state index in [-0.39, 0.29) is 11.4 Å². The van der Waals surface area contributed by atoms with Crippen molar-refractivity contribution in [3.8, 4) is 17.0 Å². The number of phenolic OH excluding ortho intramolecular Hbond substituents is 1. The van der Waals surface area contributed by atoms with Crippen molar-refractivity contribution in [1.29, 1.82) is 0 Å². The number of aromatic amines is 1. The van der Waals surface area contributed by atoms with Crippen molar-refractivity contribution in [2.75, 3.05) is 0 Å². The summed E-state index contributed by atoms with van der Waals surface area (Å²) in [5.74, 6) is -1.03. The third kappa shape index (κ3) is 2.17. The number of aromatic hydroxyl groups is 1. The number of aromatic nitrogens is 2. The molecule has 0 spiro atoms. The molecular formula is C12H11ClN2O3. The van der Waals surface area contributed by atoms with Crippen LogP contribution in [0.4, 0.5) is 0 Å². The van der Waals surface area contributed by atoms with E-state index in [0.717, 1.165) is 0 Å². The summed E-state index contributed by atoms with van der Waals surface area (Å²) >= 11 is 5.95. The number of nitrogens with one attached hydrogen (secondary N) is 1. The molecule has 1 aromatic heterocycles. The van der Waals surface area contributed by atoms with E-state index in [0.29, 0.717) is 28.3 Å². The third-order valence-corrected chi connectivity index (χ3v) is 2.84. The number of carbonyl (C=O) groups is 1. The van der Waals surface area contributed by atoms with Crippen molar-refractivity contribution >= 4 is 17.6 Å². The Kier molecular flexibility index (Phi) is 3.25. The van der Waals surface area contributed by atoms with Gasteiger partial charge in [-0.3, -0.25) is 5.10 Å². The van der Waals surface area contributed by atoms with Crippen molar-refractivity contribution in [1.82, 2.24) is 10.2 Å². The number of carboxylic acid groups (broad SMARTS) is 1. The number of halogens is 1. The number of hydrogen-bond acceptors (Lipinski definition) is 3. The van der Waals surface area contributed by atoms with Crippen LogP contribution >= 0.6 is 11.6 Å². The van der Waals surface area contributed by atoms with Crippen LogP contribution in [-0.4, -0.2) is 26.4 Å². The number of aryl methyl sites for hydroxylation is 1. The zero-order chi connectivity index (χ0) is 13.3. The molecule has 1 aromatic carbocycles. The molecule has 0 amide bonds. The van der Waals surface area contributed by atoms with Gasteiger partial charge >= 0.3 is 5.97 Å². The molecule has 0 saturated carbocycles. The van der Waals surface area contributed by atoms with Crippen molar-refractivity contribution in [3.63, 3.8) is 0 Å². The molecule has 0 saturated heterocycles. The lowest BCUT2D eigenvalue weighted by molar-refractivity contribution is 0.0690. The second-order valence-electron chi connectivity index (χ2n) is 3.79. The van der Waals surface area contributed by atoms with E-state index < -0.39 is 5.97 Å². The Balaban J connectivity index is 2.55. The molecule has 94 valence electrons. The summed E-state index contributed by atoms with van der Waals surface area (Å²) in [6.07, 6.45) is 0.621. The highest BCUT2D eigenvalue weighted by Gasteiger charge is 2.15. The molecule has 2 rings (SSSR count). The van der Waals surface area contributed by atoms with E-state index in [1.807, 2.05) is 6.92 Å². The average molecular weight is 267 g/mol. The first-order valence-corrected chi connectivity index (χ1v) is 5.71. The van der Waals surface area contributed by atoms with Gasteiger partial charge in [-0.05, 0) is 30.2 Å². The van der Waals surface area contributed by atoms with Gasteiger partial charge in [0, 0.05) is 10.6 Å². The number of hydrogen-bond donors (Lipinski definition) is 3. The van der Waals surface area contributed by atoms with Crippen LogP contribution in [0.15, 0.2) is 18.2 Å². The van der Waals surface area contributed by atoms with E-state index in [1.54, 1.807) is 12.1 Å². The van der Waals surface area contributed by atoms with Crippen LogP contribution in [0.3, 0.4) is 0 Å². The van der Waals surface area contributed by atoms with E-state index >= 15 is 0 Å². The van der Waals surface area contributed by atoms with Gasteiger partial charge in [0.2, 0.25) is 0 Å². The molecule has 0 atom stereocenters. The molecule has 1 heterocycles. The number of carboxylic acids is 1. The predicted molar refractivity (Wildman–Crippen MR) is 67.0 cm³/mol. The fourth-order valence-corrected chi connectivity index (χ4v) is 1.93. The van der Waals surface area contributed by atoms with Crippen LogP contribution < -0.4 is 0 Å². The molecule has 0 aliphatic heterocycles.